The summed E-state index contributed by atoms with van der Waals surface area (Å²) in [7, 11) is -1.63. The van der Waals surface area contributed by atoms with Crippen LogP contribution >= 0.6 is 11.6 Å². The Kier molecular flexibility index (Phi) is 10.7. The number of nitrogens with zero attached hydrogens (tertiary/aromatic N) is 2. The van der Waals surface area contributed by atoms with E-state index in [2.05, 4.69) is 33.3 Å². The van der Waals surface area contributed by atoms with Crippen LogP contribution in [0.5, 0.6) is 5.75 Å². The van der Waals surface area contributed by atoms with Gasteiger partial charge in [0.15, 0.2) is 0 Å². The average molecular weight is 633 g/mol. The van der Waals surface area contributed by atoms with Gasteiger partial charge in [0.2, 0.25) is 5.91 Å². The van der Waals surface area contributed by atoms with Gasteiger partial charge in [0.05, 0.1) is 30.9 Å². The molecule has 1 fully saturated rings. The lowest BCUT2D eigenvalue weighted by Gasteiger charge is -2.31. The van der Waals surface area contributed by atoms with E-state index in [4.69, 9.17) is 21.3 Å². The van der Waals surface area contributed by atoms with Crippen LogP contribution in [0, 0.1) is 0 Å². The summed E-state index contributed by atoms with van der Waals surface area (Å²) in [5.41, 5.74) is 10.8. The van der Waals surface area contributed by atoms with Gasteiger partial charge in [0, 0.05) is 40.5 Å². The number of halogens is 1. The Bertz CT molecular complexity index is 1540. The molecule has 5 rings (SSSR count). The molecule has 0 radical (unpaired) electrons. The van der Waals surface area contributed by atoms with Crippen LogP contribution in [0.2, 0.25) is 5.02 Å². The molecule has 3 atom stereocenters. The summed E-state index contributed by atoms with van der Waals surface area (Å²) in [4.78, 5) is 32.6. The zero-order chi connectivity index (χ0) is 31.9. The second-order valence-electron chi connectivity index (χ2n) is 11.0. The maximum Gasteiger partial charge on any atom is 0.488 e. The molecular weight excluding hydrogens is 595 g/mol. The predicted molar refractivity (Wildman–Crippen MR) is 176 cm³/mol. The fraction of sp³-hybridized carbons (Fsp3) is 0.344. The van der Waals surface area contributed by atoms with Crippen molar-refractivity contribution in [1.29, 1.82) is 0 Å². The van der Waals surface area contributed by atoms with Crippen LogP contribution in [0.25, 0.3) is 0 Å². The number of carbonyl (C=O) groups is 2. The highest BCUT2D eigenvalue weighted by Crippen LogP contribution is 2.36. The molecule has 3 aromatic carbocycles. The number of hydrogen-bond donors (Lipinski definition) is 6. The van der Waals surface area contributed by atoms with Crippen LogP contribution in [-0.4, -0.2) is 72.8 Å². The van der Waals surface area contributed by atoms with E-state index in [0.717, 1.165) is 22.5 Å². The van der Waals surface area contributed by atoms with E-state index >= 15 is 0 Å². The van der Waals surface area contributed by atoms with Crippen molar-refractivity contribution in [2.24, 2.45) is 4.99 Å². The Morgan fingerprint density at radius 3 is 2.60 bits per heavy atom. The van der Waals surface area contributed by atoms with E-state index in [1.54, 1.807) is 18.2 Å². The van der Waals surface area contributed by atoms with E-state index in [9.17, 15) is 19.6 Å². The normalized spacial score (nSPS) is 18.7. The number of anilines is 1. The van der Waals surface area contributed by atoms with E-state index in [1.807, 2.05) is 49.4 Å². The number of fused-ring (bicyclic) bond motifs is 3. The van der Waals surface area contributed by atoms with E-state index in [1.165, 1.54) is 6.07 Å². The summed E-state index contributed by atoms with van der Waals surface area (Å²) in [6, 6.07) is 19.4. The molecule has 2 heterocycles. The van der Waals surface area contributed by atoms with Gasteiger partial charge in [0.1, 0.15) is 11.9 Å². The molecule has 0 bridgehead atoms. The SMILES string of the molecule is CCNC(=O)CC1N=C(c2ccc(Cl)cc2)c2cc(OCCCCNC(=O)c3cccc(B(O)O)c3)ccc2N2C(C)NNC12. The van der Waals surface area contributed by atoms with Crippen LogP contribution in [0.3, 0.4) is 0 Å². The minimum absolute atomic E-state index is 0.0524. The lowest BCUT2D eigenvalue weighted by molar-refractivity contribution is -0.121. The van der Waals surface area contributed by atoms with Crippen molar-refractivity contribution >= 4 is 47.4 Å². The van der Waals surface area contributed by atoms with Gasteiger partial charge in [-0.2, -0.15) is 0 Å². The van der Waals surface area contributed by atoms with Crippen LogP contribution in [0.4, 0.5) is 5.69 Å². The smallest absolute Gasteiger partial charge is 0.488 e. The summed E-state index contributed by atoms with van der Waals surface area (Å²) in [6.45, 7) is 5.40. The zero-order valence-corrected chi connectivity index (χ0v) is 26.1. The molecule has 0 saturated carbocycles. The molecule has 236 valence electrons. The van der Waals surface area contributed by atoms with Gasteiger partial charge in [-0.25, -0.2) is 10.9 Å². The molecule has 1 saturated heterocycles. The van der Waals surface area contributed by atoms with Gasteiger partial charge in [-0.15, -0.1) is 0 Å². The number of nitrogens with one attached hydrogen (secondary N) is 4. The molecule has 0 spiro atoms. The van der Waals surface area contributed by atoms with E-state index < -0.39 is 7.12 Å². The van der Waals surface area contributed by atoms with Gasteiger partial charge >= 0.3 is 7.12 Å². The number of rotatable bonds is 12. The lowest BCUT2D eigenvalue weighted by Crippen LogP contribution is -2.47. The molecule has 11 nitrogen and oxygen atoms in total. The number of ether oxygens (including phenoxy) is 1. The molecule has 3 unspecified atom stereocenters. The van der Waals surface area contributed by atoms with Gasteiger partial charge in [-0.1, -0.05) is 35.9 Å². The first-order chi connectivity index (χ1) is 21.7. The van der Waals surface area contributed by atoms with Gasteiger partial charge in [0.25, 0.3) is 5.91 Å². The molecule has 2 aliphatic heterocycles. The van der Waals surface area contributed by atoms with Crippen molar-refractivity contribution in [3.8, 4) is 5.75 Å². The molecule has 0 aromatic heterocycles. The quantitative estimate of drug-likeness (QED) is 0.131. The Morgan fingerprint density at radius 2 is 1.84 bits per heavy atom. The summed E-state index contributed by atoms with van der Waals surface area (Å²) in [5, 5.41) is 25.1. The number of carbonyl (C=O) groups excluding carboxylic acids is 2. The Labute approximate surface area is 268 Å². The number of aliphatic imine (C=N–C) groups is 1. The number of hydrazine groups is 1. The number of unbranched alkanes of at least 4 members (excludes halogenated alkanes) is 1. The average Bonchev–Trinajstić information content (AvgIpc) is 3.36. The third-order valence-corrected chi connectivity index (χ3v) is 8.03. The Morgan fingerprint density at radius 1 is 1.04 bits per heavy atom. The maximum atomic E-state index is 12.7. The number of hydrogen-bond acceptors (Lipinski definition) is 9. The lowest BCUT2D eigenvalue weighted by atomic mass is 9.79. The van der Waals surface area contributed by atoms with E-state index in [-0.39, 0.29) is 42.1 Å². The van der Waals surface area contributed by atoms with Gasteiger partial charge in [-0.05, 0) is 74.6 Å². The van der Waals surface area contributed by atoms with Crippen molar-refractivity contribution in [1.82, 2.24) is 21.5 Å². The molecule has 13 heteroatoms. The zero-order valence-electron chi connectivity index (χ0n) is 25.3. The maximum absolute atomic E-state index is 12.7. The van der Waals surface area contributed by atoms with E-state index in [0.29, 0.717) is 48.9 Å². The minimum atomic E-state index is -1.63. The molecule has 45 heavy (non-hydrogen) atoms. The Balaban J connectivity index is 1.30. The molecule has 2 amide bonds. The minimum Gasteiger partial charge on any atom is -0.494 e. The van der Waals surface area contributed by atoms with Gasteiger partial charge in [-0.3, -0.25) is 14.6 Å². The fourth-order valence-corrected chi connectivity index (χ4v) is 5.69. The highest BCUT2D eigenvalue weighted by molar-refractivity contribution is 6.58. The molecule has 0 aliphatic carbocycles. The Hall–Kier alpha value is -3.94. The van der Waals surface area contributed by atoms with Crippen LogP contribution in [-0.2, 0) is 4.79 Å². The number of benzene rings is 3. The summed E-state index contributed by atoms with van der Waals surface area (Å²) in [6.07, 6.45) is 1.32. The predicted octanol–water partition coefficient (Wildman–Crippen LogP) is 1.94. The monoisotopic (exact) mass is 632 g/mol. The first-order valence-electron chi connectivity index (χ1n) is 15.2. The highest BCUT2D eigenvalue weighted by Gasteiger charge is 2.40. The fourth-order valence-electron chi connectivity index (χ4n) is 5.57. The standard InChI is InChI=1S/C32H38BClN6O5/c1-3-35-29(41)19-27-31-39-38-20(2)40(31)28-14-13-25(18-26(28)30(37-27)21-9-11-24(34)12-10-21)45-16-5-4-15-36-32(42)22-7-6-8-23(17-22)33(43)44/h6-14,17-18,20,27,31,38-39,43-44H,3-5,15-16,19H2,1-2H3,(H,35,41)(H,36,42). The first-order valence-corrected chi connectivity index (χ1v) is 15.5. The van der Waals surface area contributed by atoms with Crippen molar-refractivity contribution in [3.63, 3.8) is 0 Å². The second-order valence-corrected chi connectivity index (χ2v) is 11.5. The summed E-state index contributed by atoms with van der Waals surface area (Å²) < 4.78 is 6.15. The van der Waals surface area contributed by atoms with Crippen molar-refractivity contribution in [2.45, 2.75) is 51.5 Å². The third kappa shape index (κ3) is 7.84. The van der Waals surface area contributed by atoms with Crippen molar-refractivity contribution in [3.05, 3.63) is 88.4 Å². The summed E-state index contributed by atoms with van der Waals surface area (Å²) in [5.74, 6) is 0.346. The first kappa shape index (κ1) is 32.5. The van der Waals surface area contributed by atoms with Crippen molar-refractivity contribution < 1.29 is 24.4 Å². The summed E-state index contributed by atoms with van der Waals surface area (Å²) >= 11 is 6.22. The van der Waals surface area contributed by atoms with Crippen LogP contribution in [0.15, 0.2) is 71.7 Å². The highest BCUT2D eigenvalue weighted by atomic mass is 35.5. The molecule has 6 N–H and O–H groups in total. The topological polar surface area (TPSA) is 148 Å². The van der Waals surface area contributed by atoms with Crippen LogP contribution < -0.4 is 36.6 Å². The number of amides is 2. The van der Waals surface area contributed by atoms with Crippen molar-refractivity contribution in [2.75, 3.05) is 24.6 Å². The molecular formula is C32H38BClN6O5. The molecule has 3 aromatic rings. The largest absolute Gasteiger partial charge is 0.494 e. The second kappa shape index (κ2) is 14.9. The van der Waals surface area contributed by atoms with Gasteiger partial charge < -0.3 is 30.3 Å². The third-order valence-electron chi connectivity index (χ3n) is 7.78. The van der Waals surface area contributed by atoms with Crippen LogP contribution in [0.1, 0.15) is 54.6 Å². The molecule has 2 aliphatic rings.